The molecule has 2 aromatic rings. The number of aryl methyl sites for hydroxylation is 1. The van der Waals surface area contributed by atoms with E-state index in [0.717, 1.165) is 12.0 Å². The van der Waals surface area contributed by atoms with Gasteiger partial charge in [-0.2, -0.15) is 0 Å². The number of benzene rings is 1. The van der Waals surface area contributed by atoms with Crippen molar-refractivity contribution in [3.8, 4) is 0 Å². The maximum atomic E-state index is 12.4. The molecule has 5 heteroatoms. The first-order chi connectivity index (χ1) is 11.6. The van der Waals surface area contributed by atoms with Crippen LogP contribution in [0.5, 0.6) is 0 Å². The molecule has 126 valence electrons. The van der Waals surface area contributed by atoms with Gasteiger partial charge in [0.2, 0.25) is 5.91 Å². The topological polar surface area (TPSA) is 62.6 Å². The molecule has 0 unspecified atom stereocenters. The van der Waals surface area contributed by atoms with E-state index in [2.05, 4.69) is 11.9 Å². The van der Waals surface area contributed by atoms with Gasteiger partial charge in [-0.05, 0) is 25.0 Å². The van der Waals surface area contributed by atoms with Gasteiger partial charge in [0, 0.05) is 13.1 Å². The third-order valence-corrected chi connectivity index (χ3v) is 3.72. The normalized spacial score (nSPS) is 10.2. The zero-order valence-electron chi connectivity index (χ0n) is 13.8. The van der Waals surface area contributed by atoms with E-state index in [1.165, 1.54) is 6.26 Å². The number of hydrogen-bond donors (Lipinski definition) is 1. The highest BCUT2D eigenvalue weighted by Gasteiger charge is 2.16. The highest BCUT2D eigenvalue weighted by molar-refractivity contribution is 5.97. The van der Waals surface area contributed by atoms with Crippen LogP contribution < -0.4 is 5.32 Å². The van der Waals surface area contributed by atoms with Crippen molar-refractivity contribution in [3.05, 3.63) is 72.2 Å². The second kappa shape index (κ2) is 8.72. The van der Waals surface area contributed by atoms with Crippen LogP contribution in [0.4, 0.5) is 0 Å². The molecule has 2 rings (SSSR count). The summed E-state index contributed by atoms with van der Waals surface area (Å²) in [5.41, 5.74) is 1.61. The summed E-state index contributed by atoms with van der Waals surface area (Å²) in [7, 11) is 0. The summed E-state index contributed by atoms with van der Waals surface area (Å²) in [5.74, 6) is 0.0866. The van der Waals surface area contributed by atoms with Gasteiger partial charge < -0.3 is 14.6 Å². The summed E-state index contributed by atoms with van der Waals surface area (Å²) >= 11 is 0. The van der Waals surface area contributed by atoms with Crippen LogP contribution >= 0.6 is 0 Å². The fourth-order valence-electron chi connectivity index (χ4n) is 2.37. The van der Waals surface area contributed by atoms with Gasteiger partial charge >= 0.3 is 0 Å². The molecule has 2 amide bonds. The van der Waals surface area contributed by atoms with Crippen molar-refractivity contribution in [1.29, 1.82) is 0 Å². The number of rotatable bonds is 8. The van der Waals surface area contributed by atoms with Gasteiger partial charge in [-0.25, -0.2) is 0 Å². The summed E-state index contributed by atoms with van der Waals surface area (Å²) in [6.07, 6.45) is 3.90. The van der Waals surface area contributed by atoms with Crippen LogP contribution in [-0.4, -0.2) is 36.3 Å². The third kappa shape index (κ3) is 4.84. The molecule has 0 spiro atoms. The van der Waals surface area contributed by atoms with Gasteiger partial charge in [0.1, 0.15) is 5.76 Å². The minimum Gasteiger partial charge on any atom is -0.469 e. The summed E-state index contributed by atoms with van der Waals surface area (Å²) in [6, 6.07) is 11.6. The molecule has 1 heterocycles. The number of hydrogen-bond acceptors (Lipinski definition) is 3. The average molecular weight is 326 g/mol. The first kappa shape index (κ1) is 17.5. The quantitative estimate of drug-likeness (QED) is 0.758. The van der Waals surface area contributed by atoms with Crippen LogP contribution in [0.15, 0.2) is 59.7 Å². The molecule has 0 saturated heterocycles. The predicted octanol–water partition coefficient (Wildman–Crippen LogP) is 2.58. The Bertz CT molecular complexity index is 692. The van der Waals surface area contributed by atoms with Crippen LogP contribution in [0.1, 0.15) is 21.7 Å². The van der Waals surface area contributed by atoms with E-state index < -0.39 is 0 Å². The Kier molecular flexibility index (Phi) is 6.37. The zero-order chi connectivity index (χ0) is 17.4. The van der Waals surface area contributed by atoms with Gasteiger partial charge in [-0.15, -0.1) is 6.58 Å². The van der Waals surface area contributed by atoms with Gasteiger partial charge in [0.05, 0.1) is 18.4 Å². The van der Waals surface area contributed by atoms with Crippen LogP contribution in [0, 0.1) is 6.92 Å². The SMILES string of the molecule is C=CCN(CCc1ccccc1)C(=O)CNC(=O)c1ccoc1C. The first-order valence-corrected chi connectivity index (χ1v) is 7.86. The molecule has 0 aliphatic rings. The Morgan fingerprint density at radius 1 is 1.25 bits per heavy atom. The lowest BCUT2D eigenvalue weighted by Gasteiger charge is -2.21. The second-order valence-corrected chi connectivity index (χ2v) is 5.44. The zero-order valence-corrected chi connectivity index (χ0v) is 13.8. The van der Waals surface area contributed by atoms with Crippen molar-refractivity contribution in [3.63, 3.8) is 0 Å². The molecular weight excluding hydrogens is 304 g/mol. The number of amides is 2. The largest absolute Gasteiger partial charge is 0.469 e. The van der Waals surface area contributed by atoms with Crippen LogP contribution in [-0.2, 0) is 11.2 Å². The fraction of sp³-hybridized carbons (Fsp3) is 0.263. The lowest BCUT2D eigenvalue weighted by molar-refractivity contribution is -0.129. The molecule has 0 aliphatic carbocycles. The van der Waals surface area contributed by atoms with Crippen molar-refractivity contribution in [1.82, 2.24) is 10.2 Å². The molecule has 1 aromatic carbocycles. The van der Waals surface area contributed by atoms with E-state index >= 15 is 0 Å². The molecule has 24 heavy (non-hydrogen) atoms. The molecule has 1 N–H and O–H groups in total. The van der Waals surface area contributed by atoms with Gasteiger partial charge in [0.15, 0.2) is 0 Å². The summed E-state index contributed by atoms with van der Waals surface area (Å²) < 4.78 is 5.10. The number of nitrogens with one attached hydrogen (secondary N) is 1. The van der Waals surface area contributed by atoms with E-state index in [1.54, 1.807) is 24.0 Å². The summed E-state index contributed by atoms with van der Waals surface area (Å²) in [6.45, 7) is 6.38. The molecule has 1 aromatic heterocycles. The van der Waals surface area contributed by atoms with E-state index in [0.29, 0.717) is 24.4 Å². The second-order valence-electron chi connectivity index (χ2n) is 5.44. The van der Waals surface area contributed by atoms with Crippen molar-refractivity contribution in [2.24, 2.45) is 0 Å². The highest BCUT2D eigenvalue weighted by Crippen LogP contribution is 2.08. The van der Waals surface area contributed by atoms with E-state index in [-0.39, 0.29) is 18.4 Å². The molecule has 5 nitrogen and oxygen atoms in total. The predicted molar refractivity (Wildman–Crippen MR) is 92.7 cm³/mol. The third-order valence-electron chi connectivity index (χ3n) is 3.72. The Morgan fingerprint density at radius 3 is 2.62 bits per heavy atom. The maximum absolute atomic E-state index is 12.4. The molecule has 0 radical (unpaired) electrons. The summed E-state index contributed by atoms with van der Waals surface area (Å²) in [5, 5.41) is 2.64. The van der Waals surface area contributed by atoms with Gasteiger partial charge in [-0.3, -0.25) is 9.59 Å². The Labute approximate surface area is 142 Å². The van der Waals surface area contributed by atoms with Gasteiger partial charge in [0.25, 0.3) is 5.91 Å². The number of nitrogens with zero attached hydrogens (tertiary/aromatic N) is 1. The van der Waals surface area contributed by atoms with Crippen LogP contribution in [0.2, 0.25) is 0 Å². The Morgan fingerprint density at radius 2 is 2.00 bits per heavy atom. The van der Waals surface area contributed by atoms with Crippen molar-refractivity contribution >= 4 is 11.8 Å². The van der Waals surface area contributed by atoms with Gasteiger partial charge in [-0.1, -0.05) is 36.4 Å². The van der Waals surface area contributed by atoms with Crippen molar-refractivity contribution in [2.45, 2.75) is 13.3 Å². The monoisotopic (exact) mass is 326 g/mol. The van der Waals surface area contributed by atoms with Crippen LogP contribution in [0.3, 0.4) is 0 Å². The van der Waals surface area contributed by atoms with E-state index in [4.69, 9.17) is 4.42 Å². The number of carbonyl (C=O) groups is 2. The number of carbonyl (C=O) groups excluding carboxylic acids is 2. The number of furan rings is 1. The van der Waals surface area contributed by atoms with Crippen LogP contribution in [0.25, 0.3) is 0 Å². The summed E-state index contributed by atoms with van der Waals surface area (Å²) in [4.78, 5) is 26.1. The van der Waals surface area contributed by atoms with Crippen molar-refractivity contribution < 1.29 is 14.0 Å². The van der Waals surface area contributed by atoms with E-state index in [9.17, 15) is 9.59 Å². The van der Waals surface area contributed by atoms with Crippen molar-refractivity contribution in [2.75, 3.05) is 19.6 Å². The Balaban J connectivity index is 1.87. The molecule has 0 bridgehead atoms. The minimum absolute atomic E-state index is 0.0495. The minimum atomic E-state index is -0.309. The lowest BCUT2D eigenvalue weighted by atomic mass is 10.1. The standard InChI is InChI=1S/C19H22N2O3/c1-3-11-21(12-9-16-7-5-4-6-8-16)18(22)14-20-19(23)17-10-13-24-15(17)2/h3-8,10,13H,1,9,11-12,14H2,2H3,(H,20,23). The molecule has 0 saturated carbocycles. The molecule has 0 atom stereocenters. The highest BCUT2D eigenvalue weighted by atomic mass is 16.3. The Hall–Kier alpha value is -2.82. The fourth-order valence-corrected chi connectivity index (χ4v) is 2.37. The van der Waals surface area contributed by atoms with E-state index in [1.807, 2.05) is 30.3 Å². The lowest BCUT2D eigenvalue weighted by Crippen LogP contribution is -2.41. The molecule has 0 aliphatic heterocycles. The molecular formula is C19H22N2O3. The first-order valence-electron chi connectivity index (χ1n) is 7.86. The molecule has 0 fully saturated rings. The maximum Gasteiger partial charge on any atom is 0.255 e. The smallest absolute Gasteiger partial charge is 0.255 e. The average Bonchev–Trinajstić information content (AvgIpc) is 3.03.